The summed E-state index contributed by atoms with van der Waals surface area (Å²) in [5.41, 5.74) is 0. The highest BCUT2D eigenvalue weighted by atomic mass is 35.5. The summed E-state index contributed by atoms with van der Waals surface area (Å²) in [6.45, 7) is 2.54. The summed E-state index contributed by atoms with van der Waals surface area (Å²) in [5, 5.41) is 2.08. The monoisotopic (exact) mass is 326 g/mol. The maximum atomic E-state index is 12.0. The van der Waals surface area contributed by atoms with Gasteiger partial charge in [0, 0.05) is 11.4 Å². The predicted octanol–water partition coefficient (Wildman–Crippen LogP) is 3.07. The van der Waals surface area contributed by atoms with E-state index in [0.717, 1.165) is 4.88 Å². The first-order valence-electron chi connectivity index (χ1n) is 5.72. The number of thiophene rings is 1. The summed E-state index contributed by atoms with van der Waals surface area (Å²) in [6, 6.07) is 3.49. The fourth-order valence-corrected chi connectivity index (χ4v) is 2.56. The Balaban J connectivity index is 2.52. The molecule has 112 valence electrons. The zero-order chi connectivity index (χ0) is 15.2. The van der Waals surface area contributed by atoms with Gasteiger partial charge in [0.25, 0.3) is 0 Å². The number of hydrogen-bond donors (Lipinski definition) is 1. The Morgan fingerprint density at radius 1 is 1.50 bits per heavy atom. The molecule has 0 aliphatic carbocycles. The summed E-state index contributed by atoms with van der Waals surface area (Å²) in [4.78, 5) is 14.1. The molecule has 20 heavy (non-hydrogen) atoms. The lowest BCUT2D eigenvalue weighted by Crippen LogP contribution is -2.40. The third kappa shape index (κ3) is 6.40. The Kier molecular flexibility index (Phi) is 6.51. The standard InChI is InChI=1S/C12H14ClF3N2OS/c1-2-5-18(7-9-3-4-10(13)20-9)11(19)6-17-8-12(14,15)16/h2-4,17H,1,5-8H2. The van der Waals surface area contributed by atoms with Gasteiger partial charge in [-0.15, -0.1) is 17.9 Å². The summed E-state index contributed by atoms with van der Waals surface area (Å²) in [5.74, 6) is -0.418. The lowest BCUT2D eigenvalue weighted by atomic mass is 10.3. The molecular weight excluding hydrogens is 313 g/mol. The van der Waals surface area contributed by atoms with Crippen LogP contribution >= 0.6 is 22.9 Å². The van der Waals surface area contributed by atoms with Crippen molar-refractivity contribution in [2.45, 2.75) is 12.7 Å². The molecule has 0 aliphatic rings. The first kappa shape index (κ1) is 17.0. The minimum Gasteiger partial charge on any atom is -0.333 e. The van der Waals surface area contributed by atoms with E-state index in [9.17, 15) is 18.0 Å². The Hall–Kier alpha value is -1.05. The van der Waals surface area contributed by atoms with Crippen molar-refractivity contribution in [2.24, 2.45) is 0 Å². The third-order valence-electron chi connectivity index (χ3n) is 2.28. The molecule has 0 bridgehead atoms. The van der Waals surface area contributed by atoms with Crippen LogP contribution in [0, 0.1) is 0 Å². The Bertz CT molecular complexity index is 462. The van der Waals surface area contributed by atoms with Crippen LogP contribution in [0.2, 0.25) is 4.34 Å². The maximum absolute atomic E-state index is 12.0. The van der Waals surface area contributed by atoms with Crippen molar-refractivity contribution in [3.05, 3.63) is 34.0 Å². The molecule has 0 spiro atoms. The second kappa shape index (κ2) is 7.66. The van der Waals surface area contributed by atoms with E-state index in [2.05, 4.69) is 11.9 Å². The van der Waals surface area contributed by atoms with Crippen LogP contribution in [0.25, 0.3) is 0 Å². The van der Waals surface area contributed by atoms with E-state index in [1.807, 2.05) is 0 Å². The van der Waals surface area contributed by atoms with Crippen LogP contribution in [0.15, 0.2) is 24.8 Å². The van der Waals surface area contributed by atoms with E-state index >= 15 is 0 Å². The van der Waals surface area contributed by atoms with Gasteiger partial charge in [0.1, 0.15) is 0 Å². The van der Waals surface area contributed by atoms with Crippen LogP contribution in [0.1, 0.15) is 4.88 Å². The molecule has 0 unspecified atom stereocenters. The number of alkyl halides is 3. The van der Waals surface area contributed by atoms with Crippen LogP contribution in [0.5, 0.6) is 0 Å². The number of carbonyl (C=O) groups is 1. The number of rotatable bonds is 7. The van der Waals surface area contributed by atoms with Crippen LogP contribution in [0.4, 0.5) is 13.2 Å². The number of carbonyl (C=O) groups excluding carboxylic acids is 1. The normalized spacial score (nSPS) is 11.4. The van der Waals surface area contributed by atoms with Gasteiger partial charge in [-0.2, -0.15) is 13.2 Å². The highest BCUT2D eigenvalue weighted by Gasteiger charge is 2.27. The number of hydrogen-bond acceptors (Lipinski definition) is 3. The van der Waals surface area contributed by atoms with Gasteiger partial charge < -0.3 is 10.2 Å². The molecule has 0 atom stereocenters. The summed E-state index contributed by atoms with van der Waals surface area (Å²) >= 11 is 7.12. The predicted molar refractivity (Wildman–Crippen MR) is 73.9 cm³/mol. The molecule has 8 heteroatoms. The SMILES string of the molecule is C=CCN(Cc1ccc(Cl)s1)C(=O)CNCC(F)(F)F. The molecule has 1 aromatic heterocycles. The fraction of sp³-hybridized carbons (Fsp3) is 0.417. The van der Waals surface area contributed by atoms with Crippen molar-refractivity contribution in [1.82, 2.24) is 10.2 Å². The second-order valence-electron chi connectivity index (χ2n) is 3.99. The van der Waals surface area contributed by atoms with E-state index in [-0.39, 0.29) is 13.1 Å². The Morgan fingerprint density at radius 2 is 2.20 bits per heavy atom. The summed E-state index contributed by atoms with van der Waals surface area (Å²) in [7, 11) is 0. The van der Waals surface area contributed by atoms with Crippen LogP contribution in [0.3, 0.4) is 0 Å². The second-order valence-corrected chi connectivity index (χ2v) is 5.79. The average molecular weight is 327 g/mol. The molecule has 1 N–H and O–H groups in total. The van der Waals surface area contributed by atoms with Gasteiger partial charge in [-0.1, -0.05) is 17.7 Å². The minimum absolute atomic E-state index is 0.266. The van der Waals surface area contributed by atoms with E-state index < -0.39 is 18.6 Å². The molecule has 1 amide bonds. The Labute approximate surface area is 124 Å². The lowest BCUT2D eigenvalue weighted by Gasteiger charge is -2.21. The molecule has 0 fully saturated rings. The molecular formula is C12H14ClF3N2OS. The van der Waals surface area contributed by atoms with Crippen LogP contribution < -0.4 is 5.32 Å². The molecule has 3 nitrogen and oxygen atoms in total. The number of halogens is 4. The van der Waals surface area contributed by atoms with E-state index in [1.165, 1.54) is 22.3 Å². The number of amides is 1. The first-order chi connectivity index (χ1) is 9.31. The lowest BCUT2D eigenvalue weighted by molar-refractivity contribution is -0.134. The zero-order valence-electron chi connectivity index (χ0n) is 10.5. The van der Waals surface area contributed by atoms with Crippen molar-refractivity contribution >= 4 is 28.8 Å². The van der Waals surface area contributed by atoms with Crippen molar-refractivity contribution in [2.75, 3.05) is 19.6 Å². The first-order valence-corrected chi connectivity index (χ1v) is 6.91. The molecule has 0 aliphatic heterocycles. The quantitative estimate of drug-likeness (QED) is 0.781. The third-order valence-corrected chi connectivity index (χ3v) is 3.50. The highest BCUT2D eigenvalue weighted by Crippen LogP contribution is 2.22. The van der Waals surface area contributed by atoms with Gasteiger partial charge in [0.05, 0.1) is 24.0 Å². The van der Waals surface area contributed by atoms with Gasteiger partial charge in [0.2, 0.25) is 5.91 Å². The molecule has 0 radical (unpaired) electrons. The molecule has 0 saturated carbocycles. The van der Waals surface area contributed by atoms with Gasteiger partial charge in [-0.05, 0) is 12.1 Å². The number of nitrogens with zero attached hydrogens (tertiary/aromatic N) is 1. The highest BCUT2D eigenvalue weighted by molar-refractivity contribution is 7.16. The van der Waals surface area contributed by atoms with Crippen LogP contribution in [-0.4, -0.2) is 36.6 Å². The molecule has 1 heterocycles. The smallest absolute Gasteiger partial charge is 0.333 e. The average Bonchev–Trinajstić information content (AvgIpc) is 2.72. The fourth-order valence-electron chi connectivity index (χ4n) is 1.46. The Morgan fingerprint density at radius 3 is 2.70 bits per heavy atom. The van der Waals surface area contributed by atoms with Crippen molar-refractivity contribution in [1.29, 1.82) is 0 Å². The zero-order valence-corrected chi connectivity index (χ0v) is 12.1. The van der Waals surface area contributed by atoms with Gasteiger partial charge in [0.15, 0.2) is 0 Å². The summed E-state index contributed by atoms with van der Waals surface area (Å²) in [6.07, 6.45) is -2.80. The molecule has 0 aromatic carbocycles. The molecule has 1 rings (SSSR count). The topological polar surface area (TPSA) is 32.3 Å². The van der Waals surface area contributed by atoms with Gasteiger partial charge >= 0.3 is 6.18 Å². The van der Waals surface area contributed by atoms with E-state index in [4.69, 9.17) is 11.6 Å². The van der Waals surface area contributed by atoms with Crippen molar-refractivity contribution < 1.29 is 18.0 Å². The summed E-state index contributed by atoms with van der Waals surface area (Å²) < 4.78 is 36.6. The molecule has 0 saturated heterocycles. The largest absolute Gasteiger partial charge is 0.401 e. The van der Waals surface area contributed by atoms with Crippen LogP contribution in [-0.2, 0) is 11.3 Å². The minimum atomic E-state index is -4.33. The maximum Gasteiger partial charge on any atom is 0.401 e. The van der Waals surface area contributed by atoms with Crippen molar-refractivity contribution in [3.63, 3.8) is 0 Å². The van der Waals surface area contributed by atoms with E-state index in [0.29, 0.717) is 10.9 Å². The van der Waals surface area contributed by atoms with Crippen molar-refractivity contribution in [3.8, 4) is 0 Å². The molecule has 1 aromatic rings. The van der Waals surface area contributed by atoms with E-state index in [1.54, 1.807) is 12.1 Å². The van der Waals surface area contributed by atoms with Gasteiger partial charge in [-0.25, -0.2) is 0 Å². The number of nitrogens with one attached hydrogen (secondary N) is 1. The van der Waals surface area contributed by atoms with Gasteiger partial charge in [-0.3, -0.25) is 4.79 Å².